The second-order valence-electron chi connectivity index (χ2n) is 6.26. The molecule has 2 aliphatic heterocycles. The molecule has 0 atom stereocenters. The first kappa shape index (κ1) is 25.1. The van der Waals surface area contributed by atoms with Gasteiger partial charge in [0, 0.05) is 13.8 Å². The van der Waals surface area contributed by atoms with Crippen LogP contribution >= 0.6 is 47.0 Å². The lowest BCUT2D eigenvalue weighted by molar-refractivity contribution is -0.138. The number of nitrogens with zero attached hydrogens (tertiary/aromatic N) is 2. The Morgan fingerprint density at radius 2 is 1.36 bits per heavy atom. The molecule has 1 aromatic carbocycles. The number of carbonyl (C=O) groups is 3. The maximum absolute atomic E-state index is 12.3. The summed E-state index contributed by atoms with van der Waals surface area (Å²) in [5, 5.41) is 9.56. The van der Waals surface area contributed by atoms with Crippen molar-refractivity contribution in [3.63, 3.8) is 0 Å². The summed E-state index contributed by atoms with van der Waals surface area (Å²) >= 11 is 4.67. The molecule has 0 N–H and O–H groups in total. The highest BCUT2D eigenvalue weighted by Crippen LogP contribution is 2.68. The second-order valence-corrected chi connectivity index (χ2v) is 10.9. The molecule has 12 heteroatoms. The molecule has 33 heavy (non-hydrogen) atoms. The fourth-order valence-electron chi connectivity index (χ4n) is 2.74. The molecule has 0 fully saturated rings. The minimum atomic E-state index is -0.767. The maximum Gasteiger partial charge on any atom is 0.350 e. The van der Waals surface area contributed by atoms with Gasteiger partial charge in [-0.1, -0.05) is 54.0 Å². The van der Waals surface area contributed by atoms with Gasteiger partial charge in [0.15, 0.2) is 22.8 Å². The molecule has 0 saturated heterocycles. The Hall–Kier alpha value is -2.51. The maximum atomic E-state index is 12.3. The highest BCUT2D eigenvalue weighted by atomic mass is 32.2. The van der Waals surface area contributed by atoms with Gasteiger partial charge in [-0.05, 0) is 13.3 Å². The molecule has 8 nitrogen and oxygen atoms in total. The van der Waals surface area contributed by atoms with E-state index in [0.717, 1.165) is 23.5 Å². The van der Waals surface area contributed by atoms with Crippen LogP contribution in [0.3, 0.4) is 0 Å². The van der Waals surface area contributed by atoms with Gasteiger partial charge < -0.3 is 14.2 Å². The van der Waals surface area contributed by atoms with Gasteiger partial charge in [0.05, 0.1) is 41.2 Å². The molecular formula is C21H16N2O6S4. The summed E-state index contributed by atoms with van der Waals surface area (Å²) in [5.74, 6) is -1.40. The summed E-state index contributed by atoms with van der Waals surface area (Å²) in [5.41, 5.74) is 0.354. The van der Waals surface area contributed by atoms with Crippen LogP contribution in [0, 0.1) is 17.9 Å². The van der Waals surface area contributed by atoms with Gasteiger partial charge in [0.2, 0.25) is 0 Å². The highest BCUT2D eigenvalue weighted by molar-refractivity contribution is 8.26. The summed E-state index contributed by atoms with van der Waals surface area (Å²) in [6.45, 7) is 13.6. The molecule has 2 heterocycles. The number of nitriles is 1. The molecular weight excluding hydrogens is 505 g/mol. The quantitative estimate of drug-likeness (QED) is 0.156. The van der Waals surface area contributed by atoms with E-state index in [1.165, 1.54) is 37.4 Å². The number of benzene rings is 1. The Balaban J connectivity index is 2.27. The van der Waals surface area contributed by atoms with E-state index in [0.29, 0.717) is 40.2 Å². The van der Waals surface area contributed by atoms with Crippen LogP contribution in [0.4, 0.5) is 0 Å². The molecule has 0 saturated carbocycles. The molecule has 0 aromatic heterocycles. The number of rotatable bonds is 5. The molecule has 0 bridgehead atoms. The Morgan fingerprint density at radius 1 is 0.909 bits per heavy atom. The van der Waals surface area contributed by atoms with Gasteiger partial charge in [0.25, 0.3) is 0 Å². The largest absolute Gasteiger partial charge is 0.462 e. The Bertz CT molecular complexity index is 1160. The number of carbonyl (C=O) groups excluding carboxylic acids is 3. The van der Waals surface area contributed by atoms with Crippen molar-refractivity contribution in [2.45, 2.75) is 53.7 Å². The lowest BCUT2D eigenvalue weighted by Gasteiger charge is -2.15. The van der Waals surface area contributed by atoms with E-state index in [-0.39, 0.29) is 23.7 Å². The summed E-state index contributed by atoms with van der Waals surface area (Å²) in [7, 11) is 0. The minimum absolute atomic E-state index is 0.106. The number of ether oxygens (including phenoxy) is 3. The third kappa shape index (κ3) is 5.04. The number of hydrogen-bond acceptors (Lipinski definition) is 11. The van der Waals surface area contributed by atoms with Gasteiger partial charge >= 0.3 is 17.9 Å². The Kier molecular flexibility index (Phi) is 8.08. The van der Waals surface area contributed by atoms with E-state index in [2.05, 4.69) is 4.85 Å². The van der Waals surface area contributed by atoms with Crippen LogP contribution in [-0.2, 0) is 19.1 Å². The molecule has 0 radical (unpaired) electrons. The van der Waals surface area contributed by atoms with Gasteiger partial charge in [0.1, 0.15) is 6.07 Å². The smallest absolute Gasteiger partial charge is 0.350 e. The van der Waals surface area contributed by atoms with Crippen LogP contribution in [0.25, 0.3) is 4.85 Å². The molecule has 0 spiro atoms. The highest BCUT2D eigenvalue weighted by Gasteiger charge is 2.39. The predicted molar refractivity (Wildman–Crippen MR) is 126 cm³/mol. The first-order valence-electron chi connectivity index (χ1n) is 9.49. The number of thioether (sulfide) groups is 4. The van der Waals surface area contributed by atoms with E-state index in [9.17, 15) is 19.6 Å². The molecule has 0 aliphatic carbocycles. The molecule has 0 amide bonds. The van der Waals surface area contributed by atoms with Crippen molar-refractivity contribution in [1.82, 2.24) is 0 Å². The zero-order valence-electron chi connectivity index (χ0n) is 17.9. The molecule has 2 aliphatic rings. The second kappa shape index (κ2) is 10.6. The van der Waals surface area contributed by atoms with Crippen LogP contribution in [0.2, 0.25) is 0 Å². The van der Waals surface area contributed by atoms with Gasteiger partial charge in [-0.15, -0.1) is 0 Å². The standard InChI is InChI=1S/C21H16N2O6S4/c1-6-12(23-5)21-32-17-13(28-9(3)24)15-16(14(18(17)33-21)29-10(4)25)31-20(30-15)11(8-22)19(26)27-7-2/h6-7H2,1-4H3. The first-order valence-corrected chi connectivity index (χ1v) is 12.8. The zero-order chi connectivity index (χ0) is 24.3. The number of fused-ring (bicyclic) bond motifs is 2. The topological polar surface area (TPSA) is 107 Å². The zero-order valence-corrected chi connectivity index (χ0v) is 21.2. The number of allylic oxidation sites excluding steroid dienone is 1. The lowest BCUT2D eigenvalue weighted by atomic mass is 10.3. The fraction of sp³-hybridized carbons (Fsp3) is 0.286. The fourth-order valence-corrected chi connectivity index (χ4v) is 8.21. The summed E-state index contributed by atoms with van der Waals surface area (Å²) in [4.78, 5) is 41.7. The lowest BCUT2D eigenvalue weighted by Crippen LogP contribution is -2.07. The van der Waals surface area contributed by atoms with Crippen molar-refractivity contribution in [3.05, 3.63) is 31.2 Å². The predicted octanol–water partition coefficient (Wildman–Crippen LogP) is 5.73. The summed E-state index contributed by atoms with van der Waals surface area (Å²) < 4.78 is 17.1. The van der Waals surface area contributed by atoms with Crippen molar-refractivity contribution in [1.29, 1.82) is 5.26 Å². The van der Waals surface area contributed by atoms with Gasteiger partial charge in [-0.3, -0.25) is 9.59 Å². The Morgan fingerprint density at radius 3 is 1.70 bits per heavy atom. The van der Waals surface area contributed by atoms with E-state index in [4.69, 9.17) is 20.8 Å². The third-order valence-corrected chi connectivity index (χ3v) is 9.26. The number of esters is 3. The van der Waals surface area contributed by atoms with Gasteiger partial charge in [-0.2, -0.15) is 5.26 Å². The van der Waals surface area contributed by atoms with Crippen molar-refractivity contribution < 1.29 is 28.6 Å². The van der Waals surface area contributed by atoms with Crippen LogP contribution in [-0.4, -0.2) is 24.5 Å². The molecule has 170 valence electrons. The number of hydrogen-bond donors (Lipinski definition) is 0. The van der Waals surface area contributed by atoms with Crippen LogP contribution in [0.1, 0.15) is 34.1 Å². The SMILES string of the molecule is [C-]#[N+]C(CC)=C1Sc2c(OC(C)=O)c3c(c(OC(C)=O)c2S1)SC(=C(C#N)C(=O)OCC)S3. The normalized spacial score (nSPS) is 13.4. The van der Waals surface area contributed by atoms with E-state index in [1.807, 2.05) is 13.0 Å². The van der Waals surface area contributed by atoms with Crippen molar-refractivity contribution in [2.24, 2.45) is 0 Å². The average Bonchev–Trinajstić information content (AvgIpc) is 3.37. The van der Waals surface area contributed by atoms with Crippen molar-refractivity contribution in [2.75, 3.05) is 6.61 Å². The summed E-state index contributed by atoms with van der Waals surface area (Å²) in [6, 6.07) is 1.88. The van der Waals surface area contributed by atoms with Crippen molar-refractivity contribution in [3.8, 4) is 17.6 Å². The van der Waals surface area contributed by atoms with Crippen LogP contribution in [0.5, 0.6) is 11.5 Å². The third-order valence-electron chi connectivity index (χ3n) is 4.01. The summed E-state index contributed by atoms with van der Waals surface area (Å²) in [6.07, 6.45) is 0.514. The minimum Gasteiger partial charge on any atom is -0.462 e. The van der Waals surface area contributed by atoms with Crippen LogP contribution < -0.4 is 9.47 Å². The molecule has 3 rings (SSSR count). The van der Waals surface area contributed by atoms with Crippen LogP contribution in [0.15, 0.2) is 39.3 Å². The monoisotopic (exact) mass is 520 g/mol. The van der Waals surface area contributed by atoms with E-state index < -0.39 is 17.9 Å². The Labute approximate surface area is 207 Å². The molecule has 0 unspecified atom stereocenters. The van der Waals surface area contributed by atoms with E-state index >= 15 is 0 Å². The van der Waals surface area contributed by atoms with Gasteiger partial charge in [-0.25, -0.2) is 9.64 Å². The first-order chi connectivity index (χ1) is 15.7. The van der Waals surface area contributed by atoms with Crippen molar-refractivity contribution >= 4 is 65.0 Å². The van der Waals surface area contributed by atoms with E-state index in [1.54, 1.807) is 6.92 Å². The molecule has 1 aromatic rings. The average molecular weight is 521 g/mol.